The minimum absolute atomic E-state index is 0. The predicted molar refractivity (Wildman–Crippen MR) is 128 cm³/mol. The smallest absolute Gasteiger partial charge is 0.228 e. The molecule has 1 unspecified atom stereocenters. The average molecular weight is 533 g/mol. The van der Waals surface area contributed by atoms with Crippen molar-refractivity contribution in [3.8, 4) is 11.4 Å². The van der Waals surface area contributed by atoms with Crippen molar-refractivity contribution in [1.82, 2.24) is 25.3 Å². The second-order valence-electron chi connectivity index (χ2n) is 6.85. The van der Waals surface area contributed by atoms with Gasteiger partial charge < -0.3 is 14.7 Å². The van der Waals surface area contributed by atoms with E-state index >= 15 is 0 Å². The zero-order valence-corrected chi connectivity index (χ0v) is 20.4. The minimum Gasteiger partial charge on any atom is -0.356 e. The molecule has 9 heteroatoms. The molecule has 0 spiro atoms. The number of likely N-dealkylation sites (tertiary alicyclic amines) is 1. The molecule has 2 heterocycles. The van der Waals surface area contributed by atoms with Crippen LogP contribution in [0.25, 0.3) is 11.4 Å². The normalized spacial score (nSPS) is 16.9. The van der Waals surface area contributed by atoms with Gasteiger partial charge in [-0.15, -0.1) is 24.0 Å². The number of hydrogen-bond donors (Lipinski definition) is 1. The first-order chi connectivity index (χ1) is 13.6. The van der Waals surface area contributed by atoms with Gasteiger partial charge in [0.25, 0.3) is 0 Å². The molecule has 0 saturated carbocycles. The maximum Gasteiger partial charge on any atom is 0.228 e. The summed E-state index contributed by atoms with van der Waals surface area (Å²) in [5, 5.41) is 8.17. The maximum atomic E-state index is 5.92. The predicted octanol–water partition coefficient (Wildman–Crippen LogP) is 3.54. The minimum atomic E-state index is 0. The standard InChI is InChI=1S/C20H29ClN6O.HI/c1-4-26(5-2)17-11-13-27(14-17)20(22-3)23-12-10-18-24-19(25-28-18)15-6-8-16(21)9-7-15;/h6-9,17H,4-5,10-14H2,1-3H3,(H,22,23);1H. The van der Waals surface area contributed by atoms with Gasteiger partial charge in [0.15, 0.2) is 5.96 Å². The van der Waals surface area contributed by atoms with Crippen molar-refractivity contribution in [2.24, 2.45) is 4.99 Å². The summed E-state index contributed by atoms with van der Waals surface area (Å²) in [6.45, 7) is 9.37. The number of likely N-dealkylation sites (N-methyl/N-ethyl adjacent to an activating group) is 1. The average Bonchev–Trinajstić information content (AvgIpc) is 3.37. The largest absolute Gasteiger partial charge is 0.356 e. The van der Waals surface area contributed by atoms with Crippen LogP contribution in [0, 0.1) is 0 Å². The quantitative estimate of drug-likeness (QED) is 0.334. The van der Waals surface area contributed by atoms with Crippen LogP contribution in [0.15, 0.2) is 33.8 Å². The van der Waals surface area contributed by atoms with Crippen molar-refractivity contribution in [2.45, 2.75) is 32.7 Å². The van der Waals surface area contributed by atoms with E-state index in [1.807, 2.05) is 31.3 Å². The molecule has 0 amide bonds. The number of halogens is 2. The zero-order valence-electron chi connectivity index (χ0n) is 17.3. The van der Waals surface area contributed by atoms with E-state index in [1.54, 1.807) is 0 Å². The van der Waals surface area contributed by atoms with Gasteiger partial charge in [-0.3, -0.25) is 9.89 Å². The molecule has 0 aliphatic carbocycles. The van der Waals surface area contributed by atoms with Crippen LogP contribution in [0.5, 0.6) is 0 Å². The van der Waals surface area contributed by atoms with Gasteiger partial charge in [-0.2, -0.15) is 4.98 Å². The van der Waals surface area contributed by atoms with Crippen LogP contribution >= 0.6 is 35.6 Å². The molecule has 160 valence electrons. The van der Waals surface area contributed by atoms with E-state index in [1.165, 1.54) is 6.42 Å². The first-order valence-corrected chi connectivity index (χ1v) is 10.3. The van der Waals surface area contributed by atoms with Gasteiger partial charge in [0, 0.05) is 49.7 Å². The highest BCUT2D eigenvalue weighted by Gasteiger charge is 2.27. The molecule has 29 heavy (non-hydrogen) atoms. The molecule has 1 aliphatic heterocycles. The Morgan fingerprint density at radius 3 is 2.69 bits per heavy atom. The van der Waals surface area contributed by atoms with Gasteiger partial charge >= 0.3 is 0 Å². The topological polar surface area (TPSA) is 69.8 Å². The molecule has 0 radical (unpaired) electrons. The van der Waals surface area contributed by atoms with Crippen molar-refractivity contribution in [3.05, 3.63) is 35.2 Å². The highest BCUT2D eigenvalue weighted by molar-refractivity contribution is 14.0. The number of benzene rings is 1. The molecule has 3 rings (SSSR count). The van der Waals surface area contributed by atoms with E-state index in [0.717, 1.165) is 37.7 Å². The summed E-state index contributed by atoms with van der Waals surface area (Å²) >= 11 is 5.92. The van der Waals surface area contributed by atoms with Crippen LogP contribution in [0.2, 0.25) is 5.02 Å². The van der Waals surface area contributed by atoms with Gasteiger partial charge in [0.2, 0.25) is 11.7 Å². The summed E-state index contributed by atoms with van der Waals surface area (Å²) in [5.41, 5.74) is 0.891. The van der Waals surface area contributed by atoms with Gasteiger partial charge in [-0.25, -0.2) is 0 Å². The Balaban J connectivity index is 0.00000300. The number of hydrogen-bond acceptors (Lipinski definition) is 5. The van der Waals surface area contributed by atoms with Gasteiger partial charge in [0.1, 0.15) is 0 Å². The lowest BCUT2D eigenvalue weighted by Gasteiger charge is -2.27. The van der Waals surface area contributed by atoms with Crippen molar-refractivity contribution in [2.75, 3.05) is 39.8 Å². The lowest BCUT2D eigenvalue weighted by Crippen LogP contribution is -2.43. The summed E-state index contributed by atoms with van der Waals surface area (Å²) in [4.78, 5) is 13.8. The molecule has 2 aromatic rings. The van der Waals surface area contributed by atoms with Crippen LogP contribution in [-0.4, -0.2) is 71.7 Å². The Labute approximate surface area is 194 Å². The highest BCUT2D eigenvalue weighted by atomic mass is 127. The van der Waals surface area contributed by atoms with Crippen LogP contribution in [-0.2, 0) is 6.42 Å². The van der Waals surface area contributed by atoms with Crippen molar-refractivity contribution in [1.29, 1.82) is 0 Å². The second-order valence-corrected chi connectivity index (χ2v) is 7.29. The van der Waals surface area contributed by atoms with Crippen molar-refractivity contribution >= 4 is 41.5 Å². The number of aliphatic imine (C=N–C) groups is 1. The fourth-order valence-electron chi connectivity index (χ4n) is 3.66. The van der Waals surface area contributed by atoms with Crippen molar-refractivity contribution in [3.63, 3.8) is 0 Å². The van der Waals surface area contributed by atoms with Crippen LogP contribution in [0.1, 0.15) is 26.2 Å². The molecule has 1 saturated heterocycles. The summed E-state index contributed by atoms with van der Waals surface area (Å²) < 4.78 is 5.37. The molecular weight excluding hydrogens is 503 g/mol. The van der Waals surface area contributed by atoms with Crippen molar-refractivity contribution < 1.29 is 4.52 Å². The molecule has 1 fully saturated rings. The van der Waals surface area contributed by atoms with E-state index in [2.05, 4.69) is 44.1 Å². The Kier molecular flexibility index (Phi) is 9.64. The molecule has 1 atom stereocenters. The number of guanidine groups is 1. The molecule has 7 nitrogen and oxygen atoms in total. The van der Waals surface area contributed by atoms with Crippen LogP contribution in [0.4, 0.5) is 0 Å². The van der Waals surface area contributed by atoms with Gasteiger partial charge in [-0.05, 0) is 43.8 Å². The third kappa shape index (κ3) is 6.29. The fraction of sp³-hybridized carbons (Fsp3) is 0.550. The fourth-order valence-corrected chi connectivity index (χ4v) is 3.78. The number of aromatic nitrogens is 2. The van der Waals surface area contributed by atoms with Crippen LogP contribution < -0.4 is 5.32 Å². The first kappa shape index (κ1) is 23.9. The molecule has 1 aliphatic rings. The summed E-state index contributed by atoms with van der Waals surface area (Å²) in [6.07, 6.45) is 1.82. The Morgan fingerprint density at radius 1 is 1.31 bits per heavy atom. The second kappa shape index (κ2) is 11.7. The lowest BCUT2D eigenvalue weighted by atomic mass is 10.2. The van der Waals surface area contributed by atoms with Gasteiger partial charge in [-0.1, -0.05) is 30.6 Å². The number of nitrogens with zero attached hydrogens (tertiary/aromatic N) is 5. The molecule has 1 aromatic carbocycles. The monoisotopic (exact) mass is 532 g/mol. The molecule has 0 bridgehead atoms. The van der Waals surface area contributed by atoms with E-state index in [4.69, 9.17) is 16.1 Å². The third-order valence-electron chi connectivity index (χ3n) is 5.20. The first-order valence-electron chi connectivity index (χ1n) is 9.92. The molecule has 1 aromatic heterocycles. The van der Waals surface area contributed by atoms with E-state index in [-0.39, 0.29) is 24.0 Å². The maximum absolute atomic E-state index is 5.92. The third-order valence-corrected chi connectivity index (χ3v) is 5.45. The highest BCUT2D eigenvalue weighted by Crippen LogP contribution is 2.19. The van der Waals surface area contributed by atoms with E-state index in [0.29, 0.717) is 35.7 Å². The van der Waals surface area contributed by atoms with Crippen LogP contribution in [0.3, 0.4) is 0 Å². The Bertz CT molecular complexity index is 778. The van der Waals surface area contributed by atoms with E-state index in [9.17, 15) is 0 Å². The Hall–Kier alpha value is -1.39. The Morgan fingerprint density at radius 2 is 2.03 bits per heavy atom. The summed E-state index contributed by atoms with van der Waals surface area (Å²) in [5.74, 6) is 2.13. The number of nitrogens with one attached hydrogen (secondary N) is 1. The zero-order chi connectivity index (χ0) is 19.9. The summed E-state index contributed by atoms with van der Waals surface area (Å²) in [6, 6.07) is 8.01. The molecule has 1 N–H and O–H groups in total. The van der Waals surface area contributed by atoms with E-state index < -0.39 is 0 Å². The molecular formula is C20H30ClIN6O. The number of rotatable bonds is 7. The summed E-state index contributed by atoms with van der Waals surface area (Å²) in [7, 11) is 1.83. The SMILES string of the molecule is CCN(CC)C1CCN(C(=NC)NCCc2nc(-c3ccc(Cl)cc3)no2)C1.I. The lowest BCUT2D eigenvalue weighted by molar-refractivity contribution is 0.223. The van der Waals surface area contributed by atoms with Gasteiger partial charge in [0.05, 0.1) is 0 Å².